The number of hydrogen-bond donors (Lipinski definition) is 2. The number of fused-ring (bicyclic) bond motifs is 2. The first-order valence-corrected chi connectivity index (χ1v) is 9.79. The molecule has 1 aromatic carbocycles. The summed E-state index contributed by atoms with van der Waals surface area (Å²) in [6, 6.07) is 11.2. The van der Waals surface area contributed by atoms with Crippen molar-refractivity contribution in [3.05, 3.63) is 47.7 Å². The highest BCUT2D eigenvalue weighted by Gasteiger charge is 2.40. The molecule has 4 rings (SSSR count). The minimum Gasteiger partial charge on any atom is -0.451 e. The first-order chi connectivity index (χ1) is 13.0. The van der Waals surface area contributed by atoms with Crippen molar-refractivity contribution in [1.29, 1.82) is 0 Å². The van der Waals surface area contributed by atoms with Crippen LogP contribution in [0.1, 0.15) is 59.9 Å². The number of nitrogens with two attached hydrogens (primary N) is 1. The van der Waals surface area contributed by atoms with Crippen molar-refractivity contribution in [2.24, 2.45) is 17.6 Å². The number of benzene rings is 1. The first kappa shape index (κ1) is 20.6. The Balaban J connectivity index is 0.00000225. The van der Waals surface area contributed by atoms with Crippen molar-refractivity contribution in [3.8, 4) is 11.3 Å². The van der Waals surface area contributed by atoms with E-state index in [-0.39, 0.29) is 36.2 Å². The summed E-state index contributed by atoms with van der Waals surface area (Å²) in [7, 11) is 0. The van der Waals surface area contributed by atoms with Crippen molar-refractivity contribution >= 4 is 24.1 Å². The summed E-state index contributed by atoms with van der Waals surface area (Å²) >= 11 is 0. The zero-order valence-electron chi connectivity index (χ0n) is 16.0. The second-order valence-electron chi connectivity index (χ2n) is 7.98. The molecule has 5 nitrogen and oxygen atoms in total. The van der Waals surface area contributed by atoms with Crippen LogP contribution >= 0.6 is 12.4 Å². The van der Waals surface area contributed by atoms with Gasteiger partial charge in [-0.1, -0.05) is 30.7 Å². The molecule has 1 aromatic heterocycles. The molecule has 2 atom stereocenters. The number of amides is 1. The molecule has 2 aliphatic carbocycles. The molecule has 2 aliphatic rings. The van der Waals surface area contributed by atoms with E-state index >= 15 is 0 Å². The van der Waals surface area contributed by atoms with Gasteiger partial charge < -0.3 is 15.5 Å². The van der Waals surface area contributed by atoms with Crippen LogP contribution in [-0.4, -0.2) is 23.8 Å². The predicted octanol–water partition coefficient (Wildman–Crippen LogP) is 4.21. The van der Waals surface area contributed by atoms with Crippen LogP contribution in [0.15, 0.2) is 40.8 Å². The number of furan rings is 1. The third kappa shape index (κ3) is 4.15. The van der Waals surface area contributed by atoms with Crippen molar-refractivity contribution in [2.75, 3.05) is 0 Å². The van der Waals surface area contributed by atoms with Gasteiger partial charge in [-0.25, -0.2) is 0 Å². The lowest BCUT2D eigenvalue weighted by molar-refractivity contribution is 0.0733. The average Bonchev–Trinajstić information content (AvgIpc) is 3.13. The number of rotatable bonds is 4. The Hall–Kier alpha value is -2.11. The smallest absolute Gasteiger partial charge is 0.287 e. The SMILES string of the molecule is CC(=O)c1ccc(-c2ccc(C(=O)NC3C4CCCC3CC(N)C4)o2)cc1.Cl. The fourth-order valence-electron chi connectivity index (χ4n) is 4.73. The van der Waals surface area contributed by atoms with Crippen LogP contribution < -0.4 is 11.1 Å². The third-order valence-electron chi connectivity index (χ3n) is 6.08. The molecule has 28 heavy (non-hydrogen) atoms. The van der Waals surface area contributed by atoms with E-state index in [1.165, 1.54) is 13.3 Å². The van der Waals surface area contributed by atoms with E-state index in [0.717, 1.165) is 31.2 Å². The molecular formula is C22H27ClN2O3. The lowest BCUT2D eigenvalue weighted by Gasteiger charge is -2.45. The van der Waals surface area contributed by atoms with Gasteiger partial charge in [-0.15, -0.1) is 12.4 Å². The van der Waals surface area contributed by atoms with Gasteiger partial charge in [-0.05, 0) is 56.6 Å². The monoisotopic (exact) mass is 402 g/mol. The van der Waals surface area contributed by atoms with Crippen molar-refractivity contribution in [2.45, 2.75) is 51.1 Å². The minimum absolute atomic E-state index is 0. The molecule has 0 aliphatic heterocycles. The fraction of sp³-hybridized carbons (Fsp3) is 0.455. The maximum atomic E-state index is 12.7. The fourth-order valence-corrected chi connectivity index (χ4v) is 4.73. The zero-order valence-corrected chi connectivity index (χ0v) is 16.8. The largest absolute Gasteiger partial charge is 0.451 e. The van der Waals surface area contributed by atoms with Gasteiger partial charge in [0.15, 0.2) is 11.5 Å². The number of halogens is 1. The molecule has 2 fully saturated rings. The number of carbonyl (C=O) groups is 2. The quantitative estimate of drug-likeness (QED) is 0.750. The van der Waals surface area contributed by atoms with Crippen LogP contribution in [-0.2, 0) is 0 Å². The Labute approximate surface area is 171 Å². The van der Waals surface area contributed by atoms with Crippen molar-refractivity contribution in [1.82, 2.24) is 5.32 Å². The molecule has 0 radical (unpaired) electrons. The van der Waals surface area contributed by atoms with Crippen LogP contribution in [0.2, 0.25) is 0 Å². The Kier molecular flexibility index (Phi) is 6.26. The molecule has 0 spiro atoms. The summed E-state index contributed by atoms with van der Waals surface area (Å²) in [6.07, 6.45) is 5.50. The van der Waals surface area contributed by atoms with Gasteiger partial charge in [0.1, 0.15) is 5.76 Å². The number of hydrogen-bond acceptors (Lipinski definition) is 4. The second-order valence-corrected chi connectivity index (χ2v) is 7.98. The third-order valence-corrected chi connectivity index (χ3v) is 6.08. The standard InChI is InChI=1S/C22H26N2O3.ClH/c1-13(25)14-5-7-15(8-6-14)19-9-10-20(27-19)22(26)24-21-16-3-2-4-17(21)12-18(23)11-16;/h5-10,16-18,21H,2-4,11-12,23H2,1H3,(H,24,26);1H. The molecule has 1 heterocycles. The van der Waals surface area contributed by atoms with Crippen LogP contribution in [0.5, 0.6) is 0 Å². The van der Waals surface area contributed by atoms with Crippen molar-refractivity contribution < 1.29 is 14.0 Å². The van der Waals surface area contributed by atoms with Gasteiger partial charge >= 0.3 is 0 Å². The molecule has 1 amide bonds. The molecule has 2 bridgehead atoms. The highest BCUT2D eigenvalue weighted by molar-refractivity contribution is 5.94. The maximum absolute atomic E-state index is 12.7. The minimum atomic E-state index is -0.154. The molecule has 0 saturated heterocycles. The molecular weight excluding hydrogens is 376 g/mol. The second kappa shape index (κ2) is 8.50. The predicted molar refractivity (Wildman–Crippen MR) is 111 cm³/mol. The van der Waals surface area contributed by atoms with Gasteiger partial charge in [0, 0.05) is 23.2 Å². The van der Waals surface area contributed by atoms with Gasteiger partial charge in [0.25, 0.3) is 5.91 Å². The van der Waals surface area contributed by atoms with Crippen LogP contribution in [0.4, 0.5) is 0 Å². The highest BCUT2D eigenvalue weighted by Crippen LogP contribution is 2.39. The van der Waals surface area contributed by atoms with Gasteiger partial charge in [0.05, 0.1) is 0 Å². The number of carbonyl (C=O) groups excluding carboxylic acids is 2. The number of ketones is 1. The summed E-state index contributed by atoms with van der Waals surface area (Å²) < 4.78 is 5.79. The highest BCUT2D eigenvalue weighted by atomic mass is 35.5. The van der Waals surface area contributed by atoms with E-state index in [9.17, 15) is 9.59 Å². The lowest BCUT2D eigenvalue weighted by atomic mass is 9.67. The Bertz CT molecular complexity index is 832. The lowest BCUT2D eigenvalue weighted by Crippen LogP contribution is -2.53. The first-order valence-electron chi connectivity index (χ1n) is 9.79. The summed E-state index contributed by atoms with van der Waals surface area (Å²) in [5.41, 5.74) is 7.68. The molecule has 150 valence electrons. The van der Waals surface area contributed by atoms with E-state index in [4.69, 9.17) is 10.2 Å². The molecule has 6 heteroatoms. The van der Waals surface area contributed by atoms with Crippen LogP contribution in [0.3, 0.4) is 0 Å². The zero-order chi connectivity index (χ0) is 19.0. The van der Waals surface area contributed by atoms with E-state index in [1.54, 1.807) is 24.3 Å². The van der Waals surface area contributed by atoms with Crippen LogP contribution in [0, 0.1) is 11.8 Å². The number of Topliss-reactive ketones (excluding diaryl/α,β-unsaturated/α-hetero) is 1. The summed E-state index contributed by atoms with van der Waals surface area (Å²) in [5, 5.41) is 3.21. The molecule has 3 N–H and O–H groups in total. The Morgan fingerprint density at radius 1 is 1.04 bits per heavy atom. The van der Waals surface area contributed by atoms with Gasteiger partial charge in [0.2, 0.25) is 0 Å². The average molecular weight is 403 g/mol. The Morgan fingerprint density at radius 3 is 2.29 bits per heavy atom. The Morgan fingerprint density at radius 2 is 1.68 bits per heavy atom. The maximum Gasteiger partial charge on any atom is 0.287 e. The summed E-state index contributed by atoms with van der Waals surface area (Å²) in [4.78, 5) is 24.1. The summed E-state index contributed by atoms with van der Waals surface area (Å²) in [5.74, 6) is 1.78. The topological polar surface area (TPSA) is 85.3 Å². The molecule has 2 unspecified atom stereocenters. The van der Waals surface area contributed by atoms with Gasteiger partial charge in [-0.2, -0.15) is 0 Å². The van der Waals surface area contributed by atoms with E-state index in [2.05, 4.69) is 5.32 Å². The van der Waals surface area contributed by atoms with E-state index in [0.29, 0.717) is 28.9 Å². The number of nitrogens with one attached hydrogen (secondary N) is 1. The molecule has 2 aromatic rings. The van der Waals surface area contributed by atoms with E-state index in [1.807, 2.05) is 12.1 Å². The summed E-state index contributed by atoms with van der Waals surface area (Å²) in [6.45, 7) is 1.54. The van der Waals surface area contributed by atoms with Crippen molar-refractivity contribution in [3.63, 3.8) is 0 Å². The van der Waals surface area contributed by atoms with E-state index < -0.39 is 0 Å². The normalized spacial score (nSPS) is 26.2. The van der Waals surface area contributed by atoms with Gasteiger partial charge in [-0.3, -0.25) is 9.59 Å². The molecule has 2 saturated carbocycles. The van der Waals surface area contributed by atoms with Crippen LogP contribution in [0.25, 0.3) is 11.3 Å².